The molecule has 0 atom stereocenters. The molecule has 3 aromatic rings. The van der Waals surface area contributed by atoms with Gasteiger partial charge in [-0.25, -0.2) is 4.98 Å². The maximum Gasteiger partial charge on any atom is 0.283 e. The molecule has 0 aliphatic rings. The van der Waals surface area contributed by atoms with E-state index in [9.17, 15) is 4.79 Å². The van der Waals surface area contributed by atoms with Crippen LogP contribution in [0.5, 0.6) is 0 Å². The van der Waals surface area contributed by atoms with Crippen LogP contribution in [0.2, 0.25) is 5.15 Å². The Bertz CT molecular complexity index is 758. The van der Waals surface area contributed by atoms with Gasteiger partial charge in [-0.3, -0.25) is 4.79 Å². The Balaban J connectivity index is 2.70. The molecular formula is C10H7ClN4O. The lowest BCUT2D eigenvalue weighted by Gasteiger charge is -2.07. The van der Waals surface area contributed by atoms with Crippen molar-refractivity contribution in [1.82, 2.24) is 19.2 Å². The first kappa shape index (κ1) is 9.35. The third kappa shape index (κ3) is 1.09. The third-order valence-corrected chi connectivity index (χ3v) is 2.81. The van der Waals surface area contributed by atoms with E-state index in [0.717, 1.165) is 11.2 Å². The molecule has 0 unspecified atom stereocenters. The summed E-state index contributed by atoms with van der Waals surface area (Å²) in [6, 6.07) is 3.44. The van der Waals surface area contributed by atoms with Gasteiger partial charge in [-0.1, -0.05) is 11.6 Å². The first-order valence-corrected chi connectivity index (χ1v) is 5.04. The highest BCUT2D eigenvalue weighted by Gasteiger charge is 2.09. The van der Waals surface area contributed by atoms with Crippen molar-refractivity contribution < 1.29 is 0 Å². The first-order chi connectivity index (χ1) is 7.68. The zero-order valence-corrected chi connectivity index (χ0v) is 9.14. The molecule has 3 rings (SSSR count). The Morgan fingerprint density at radius 1 is 1.44 bits per heavy atom. The molecule has 0 radical (unpaired) electrons. The van der Waals surface area contributed by atoms with Gasteiger partial charge < -0.3 is 4.57 Å². The largest absolute Gasteiger partial charge is 0.328 e. The predicted molar refractivity (Wildman–Crippen MR) is 60.7 cm³/mol. The fourth-order valence-corrected chi connectivity index (χ4v) is 1.96. The summed E-state index contributed by atoms with van der Waals surface area (Å²) >= 11 is 5.82. The SMILES string of the molecule is Cn1c2cc(Cl)ncc2c(=O)n2nccc12. The number of nitrogens with zero attached hydrogens (tertiary/aromatic N) is 4. The van der Waals surface area contributed by atoms with E-state index in [1.807, 2.05) is 11.6 Å². The smallest absolute Gasteiger partial charge is 0.283 e. The van der Waals surface area contributed by atoms with Crippen molar-refractivity contribution in [2.45, 2.75) is 0 Å². The van der Waals surface area contributed by atoms with Crippen molar-refractivity contribution in [2.75, 3.05) is 0 Å². The van der Waals surface area contributed by atoms with Crippen LogP contribution in [-0.4, -0.2) is 19.2 Å². The molecule has 0 spiro atoms. The van der Waals surface area contributed by atoms with Crippen LogP contribution in [0.4, 0.5) is 0 Å². The van der Waals surface area contributed by atoms with E-state index < -0.39 is 0 Å². The molecule has 0 N–H and O–H groups in total. The molecule has 80 valence electrons. The molecule has 16 heavy (non-hydrogen) atoms. The lowest BCUT2D eigenvalue weighted by Crippen LogP contribution is -2.18. The summed E-state index contributed by atoms with van der Waals surface area (Å²) in [5.74, 6) is 0. The molecule has 0 fully saturated rings. The number of fused-ring (bicyclic) bond motifs is 2. The number of hydrogen-bond acceptors (Lipinski definition) is 3. The minimum absolute atomic E-state index is 0.183. The minimum Gasteiger partial charge on any atom is -0.328 e. The Labute approximate surface area is 94.9 Å². The van der Waals surface area contributed by atoms with Crippen LogP contribution >= 0.6 is 11.6 Å². The van der Waals surface area contributed by atoms with Crippen molar-refractivity contribution in [1.29, 1.82) is 0 Å². The van der Waals surface area contributed by atoms with Crippen molar-refractivity contribution in [3.8, 4) is 0 Å². The second kappa shape index (κ2) is 3.05. The van der Waals surface area contributed by atoms with Crippen LogP contribution in [0.25, 0.3) is 16.6 Å². The highest BCUT2D eigenvalue weighted by molar-refractivity contribution is 6.30. The number of halogens is 1. The summed E-state index contributed by atoms with van der Waals surface area (Å²) in [4.78, 5) is 15.9. The van der Waals surface area contributed by atoms with Gasteiger partial charge in [0.05, 0.1) is 17.1 Å². The van der Waals surface area contributed by atoms with E-state index in [0.29, 0.717) is 10.5 Å². The summed E-state index contributed by atoms with van der Waals surface area (Å²) < 4.78 is 3.20. The summed E-state index contributed by atoms with van der Waals surface area (Å²) in [7, 11) is 1.86. The van der Waals surface area contributed by atoms with Crippen LogP contribution in [0.15, 0.2) is 29.3 Å². The average Bonchev–Trinajstić information content (AvgIpc) is 2.75. The highest BCUT2D eigenvalue weighted by Crippen LogP contribution is 2.15. The van der Waals surface area contributed by atoms with Crippen LogP contribution in [0.1, 0.15) is 0 Å². The quantitative estimate of drug-likeness (QED) is 0.550. The number of hydrogen-bond donors (Lipinski definition) is 0. The van der Waals surface area contributed by atoms with Gasteiger partial charge in [-0.15, -0.1) is 0 Å². The predicted octanol–water partition coefficient (Wildman–Crippen LogP) is 1.23. The van der Waals surface area contributed by atoms with Crippen LogP contribution in [0.3, 0.4) is 0 Å². The lowest BCUT2D eigenvalue weighted by atomic mass is 10.3. The Morgan fingerprint density at radius 2 is 2.25 bits per heavy atom. The van der Waals surface area contributed by atoms with Gasteiger partial charge in [0.1, 0.15) is 10.8 Å². The summed E-state index contributed by atoms with van der Waals surface area (Å²) in [6.45, 7) is 0. The molecule has 6 heteroatoms. The molecule has 0 amide bonds. The van der Waals surface area contributed by atoms with Crippen molar-refractivity contribution >= 4 is 28.2 Å². The average molecular weight is 235 g/mol. The summed E-state index contributed by atoms with van der Waals surface area (Å²) in [5, 5.41) is 4.84. The molecule has 3 aromatic heterocycles. The standard InChI is InChI=1S/C10H7ClN4O/c1-14-7-4-8(11)12-5-6(7)10(16)15-9(14)2-3-13-15/h2-5H,1H3. The van der Waals surface area contributed by atoms with Gasteiger partial charge in [-0.05, 0) is 0 Å². The molecule has 0 saturated heterocycles. The number of rotatable bonds is 0. The number of aromatic nitrogens is 4. The number of aryl methyl sites for hydroxylation is 1. The van der Waals surface area contributed by atoms with Crippen LogP contribution < -0.4 is 5.56 Å². The maximum atomic E-state index is 12.0. The van der Waals surface area contributed by atoms with Crippen molar-refractivity contribution in [3.05, 3.63) is 40.0 Å². The van der Waals surface area contributed by atoms with Gasteiger partial charge in [0, 0.05) is 25.4 Å². The zero-order chi connectivity index (χ0) is 11.3. The maximum absolute atomic E-state index is 12.0. The Kier molecular flexibility index (Phi) is 1.79. The number of pyridine rings is 1. The van der Waals surface area contributed by atoms with Crippen LogP contribution in [-0.2, 0) is 7.05 Å². The van der Waals surface area contributed by atoms with E-state index >= 15 is 0 Å². The van der Waals surface area contributed by atoms with Gasteiger partial charge in [0.25, 0.3) is 5.56 Å². The fraction of sp³-hybridized carbons (Fsp3) is 0.100. The van der Waals surface area contributed by atoms with Crippen LogP contribution in [0, 0.1) is 0 Å². The minimum atomic E-state index is -0.183. The van der Waals surface area contributed by atoms with Crippen molar-refractivity contribution in [3.63, 3.8) is 0 Å². The molecule has 3 heterocycles. The zero-order valence-electron chi connectivity index (χ0n) is 8.38. The van der Waals surface area contributed by atoms with Gasteiger partial charge in [0.2, 0.25) is 0 Å². The Hall–Kier alpha value is -1.88. The second-order valence-electron chi connectivity index (χ2n) is 3.49. The fourth-order valence-electron chi connectivity index (χ4n) is 1.81. The third-order valence-electron chi connectivity index (χ3n) is 2.60. The molecular weight excluding hydrogens is 228 g/mol. The van der Waals surface area contributed by atoms with E-state index in [1.54, 1.807) is 18.3 Å². The topological polar surface area (TPSA) is 52.2 Å². The Morgan fingerprint density at radius 3 is 3.06 bits per heavy atom. The molecule has 0 bridgehead atoms. The van der Waals surface area contributed by atoms with E-state index in [-0.39, 0.29) is 5.56 Å². The molecule has 5 nitrogen and oxygen atoms in total. The molecule has 0 aliphatic carbocycles. The first-order valence-electron chi connectivity index (χ1n) is 4.66. The molecule has 0 aromatic carbocycles. The highest BCUT2D eigenvalue weighted by atomic mass is 35.5. The van der Waals surface area contributed by atoms with Gasteiger partial charge in [0.15, 0.2) is 0 Å². The van der Waals surface area contributed by atoms with E-state index in [4.69, 9.17) is 11.6 Å². The summed E-state index contributed by atoms with van der Waals surface area (Å²) in [6.07, 6.45) is 3.06. The second-order valence-corrected chi connectivity index (χ2v) is 3.88. The summed E-state index contributed by atoms with van der Waals surface area (Å²) in [5.41, 5.74) is 1.29. The monoisotopic (exact) mass is 234 g/mol. The normalized spacial score (nSPS) is 11.4. The van der Waals surface area contributed by atoms with E-state index in [2.05, 4.69) is 10.1 Å². The lowest BCUT2D eigenvalue weighted by molar-refractivity contribution is 0.855. The molecule has 0 aliphatic heterocycles. The molecule has 0 saturated carbocycles. The van der Waals surface area contributed by atoms with Gasteiger partial charge in [-0.2, -0.15) is 9.61 Å². The van der Waals surface area contributed by atoms with E-state index in [1.165, 1.54) is 10.7 Å². The van der Waals surface area contributed by atoms with Crippen molar-refractivity contribution in [2.24, 2.45) is 7.05 Å². The van der Waals surface area contributed by atoms with Gasteiger partial charge >= 0.3 is 0 Å².